The highest BCUT2D eigenvalue weighted by atomic mass is 32.2. The molecule has 7 heteroatoms. The van der Waals surface area contributed by atoms with Crippen molar-refractivity contribution in [2.24, 2.45) is 0 Å². The molecule has 136 valence electrons. The molecule has 3 rings (SSSR count). The zero-order valence-electron chi connectivity index (χ0n) is 14.1. The van der Waals surface area contributed by atoms with Crippen LogP contribution in [-0.2, 0) is 14.3 Å². The monoisotopic (exact) mass is 373 g/mol. The Morgan fingerprint density at radius 1 is 1.08 bits per heavy atom. The van der Waals surface area contributed by atoms with Gasteiger partial charge in [0.2, 0.25) is 6.10 Å². The number of rotatable bonds is 7. The molecule has 0 aromatic heterocycles. The van der Waals surface area contributed by atoms with Crippen molar-refractivity contribution in [2.45, 2.75) is 11.0 Å². The van der Waals surface area contributed by atoms with E-state index in [9.17, 15) is 9.59 Å². The van der Waals surface area contributed by atoms with Crippen molar-refractivity contribution in [3.63, 3.8) is 0 Å². The van der Waals surface area contributed by atoms with Crippen molar-refractivity contribution in [1.29, 1.82) is 0 Å². The van der Waals surface area contributed by atoms with Gasteiger partial charge in [-0.3, -0.25) is 4.79 Å². The second-order valence-electron chi connectivity index (χ2n) is 5.48. The number of fused-ring (bicyclic) bond motifs is 1. The van der Waals surface area contributed by atoms with Crippen molar-refractivity contribution >= 4 is 23.6 Å². The SMILES string of the molecule is O=C(COC(=O)[C@H]1COc2ccccc2O1)NCCSc1ccccc1. The molecule has 1 N–H and O–H groups in total. The zero-order valence-corrected chi connectivity index (χ0v) is 14.9. The third-order valence-corrected chi connectivity index (χ3v) is 4.57. The Morgan fingerprint density at radius 3 is 2.62 bits per heavy atom. The zero-order chi connectivity index (χ0) is 18.2. The first-order chi connectivity index (χ1) is 12.7. The molecule has 6 nitrogen and oxygen atoms in total. The van der Waals surface area contributed by atoms with E-state index in [1.165, 1.54) is 0 Å². The summed E-state index contributed by atoms with van der Waals surface area (Å²) < 4.78 is 16.0. The standard InChI is InChI=1S/C19H19NO5S/c21-18(20-10-11-26-14-6-2-1-3-7-14)13-24-19(22)17-12-23-15-8-4-5-9-16(15)25-17/h1-9,17H,10-13H2,(H,20,21)/t17-/m1/s1. The highest BCUT2D eigenvalue weighted by Gasteiger charge is 2.29. The van der Waals surface area contributed by atoms with Crippen LogP contribution in [0, 0.1) is 0 Å². The fourth-order valence-electron chi connectivity index (χ4n) is 2.29. The highest BCUT2D eigenvalue weighted by molar-refractivity contribution is 7.99. The van der Waals surface area contributed by atoms with Crippen LogP contribution in [0.15, 0.2) is 59.5 Å². The average molecular weight is 373 g/mol. The fourth-order valence-corrected chi connectivity index (χ4v) is 3.08. The normalized spacial score (nSPS) is 15.2. The Balaban J connectivity index is 1.33. The number of esters is 1. The number of hydrogen-bond acceptors (Lipinski definition) is 6. The second kappa shape index (κ2) is 9.15. The predicted molar refractivity (Wildman–Crippen MR) is 97.5 cm³/mol. The summed E-state index contributed by atoms with van der Waals surface area (Å²) in [7, 11) is 0. The molecule has 0 spiro atoms. The van der Waals surface area contributed by atoms with E-state index in [1.807, 2.05) is 36.4 Å². The Labute approximate surface area is 155 Å². The van der Waals surface area contributed by atoms with E-state index in [-0.39, 0.29) is 19.1 Å². The van der Waals surface area contributed by atoms with Gasteiger partial charge in [-0.15, -0.1) is 11.8 Å². The maximum Gasteiger partial charge on any atom is 0.351 e. The number of carbonyl (C=O) groups excluding carboxylic acids is 2. The molecule has 26 heavy (non-hydrogen) atoms. The van der Waals surface area contributed by atoms with Gasteiger partial charge in [0.05, 0.1) is 0 Å². The van der Waals surface area contributed by atoms with E-state index in [0.717, 1.165) is 10.6 Å². The first-order valence-electron chi connectivity index (χ1n) is 8.22. The Kier molecular flexibility index (Phi) is 6.38. The summed E-state index contributed by atoms with van der Waals surface area (Å²) in [5.74, 6) is 0.853. The molecule has 2 aromatic carbocycles. The summed E-state index contributed by atoms with van der Waals surface area (Å²) in [5, 5.41) is 2.72. The number of nitrogens with one attached hydrogen (secondary N) is 1. The van der Waals surface area contributed by atoms with Crippen molar-refractivity contribution in [1.82, 2.24) is 5.32 Å². The van der Waals surface area contributed by atoms with Crippen LogP contribution in [-0.4, -0.2) is 43.5 Å². The Hall–Kier alpha value is -2.67. The van der Waals surface area contributed by atoms with Gasteiger partial charge in [0.1, 0.15) is 6.61 Å². The van der Waals surface area contributed by atoms with Crippen LogP contribution < -0.4 is 14.8 Å². The summed E-state index contributed by atoms with van der Waals surface area (Å²) in [6, 6.07) is 17.0. The molecule has 0 radical (unpaired) electrons. The summed E-state index contributed by atoms with van der Waals surface area (Å²) in [5.41, 5.74) is 0. The van der Waals surface area contributed by atoms with E-state index in [2.05, 4.69) is 5.32 Å². The lowest BCUT2D eigenvalue weighted by atomic mass is 10.2. The lowest BCUT2D eigenvalue weighted by Gasteiger charge is -2.24. The van der Waals surface area contributed by atoms with Gasteiger partial charge in [-0.2, -0.15) is 0 Å². The second-order valence-corrected chi connectivity index (χ2v) is 6.65. The molecule has 1 aliphatic heterocycles. The van der Waals surface area contributed by atoms with E-state index in [4.69, 9.17) is 14.2 Å². The lowest BCUT2D eigenvalue weighted by Crippen LogP contribution is -2.39. The molecule has 0 saturated heterocycles. The molecular weight excluding hydrogens is 354 g/mol. The third kappa shape index (κ3) is 5.16. The van der Waals surface area contributed by atoms with Crippen LogP contribution in [0.3, 0.4) is 0 Å². The van der Waals surface area contributed by atoms with Crippen LogP contribution in [0.5, 0.6) is 11.5 Å². The van der Waals surface area contributed by atoms with E-state index >= 15 is 0 Å². The Bertz CT molecular complexity index is 753. The van der Waals surface area contributed by atoms with Crippen molar-refractivity contribution < 1.29 is 23.8 Å². The Morgan fingerprint density at radius 2 is 1.81 bits per heavy atom. The van der Waals surface area contributed by atoms with Crippen molar-refractivity contribution in [3.8, 4) is 11.5 Å². The maximum absolute atomic E-state index is 12.0. The number of thioether (sulfide) groups is 1. The van der Waals surface area contributed by atoms with E-state index in [0.29, 0.717) is 18.0 Å². The van der Waals surface area contributed by atoms with Gasteiger partial charge in [-0.25, -0.2) is 4.79 Å². The number of amides is 1. The smallest absolute Gasteiger partial charge is 0.351 e. The van der Waals surface area contributed by atoms with Gasteiger partial charge in [-0.1, -0.05) is 30.3 Å². The van der Waals surface area contributed by atoms with E-state index < -0.39 is 12.1 Å². The van der Waals surface area contributed by atoms with Crippen LogP contribution in [0.1, 0.15) is 0 Å². The summed E-state index contributed by atoms with van der Waals surface area (Å²) >= 11 is 1.64. The number of hydrogen-bond donors (Lipinski definition) is 1. The molecule has 0 aliphatic carbocycles. The molecular formula is C19H19NO5S. The molecule has 1 amide bonds. The number of carbonyl (C=O) groups is 2. The minimum atomic E-state index is -0.869. The first kappa shape index (κ1) is 18.1. The number of para-hydroxylation sites is 2. The minimum absolute atomic E-state index is 0.0607. The third-order valence-electron chi connectivity index (χ3n) is 3.55. The van der Waals surface area contributed by atoms with E-state index in [1.54, 1.807) is 30.0 Å². The van der Waals surface area contributed by atoms with Crippen LogP contribution in [0.2, 0.25) is 0 Å². The molecule has 2 aromatic rings. The topological polar surface area (TPSA) is 73.9 Å². The average Bonchev–Trinajstić information content (AvgIpc) is 2.70. The molecule has 1 atom stereocenters. The molecule has 1 aliphatic rings. The van der Waals surface area contributed by atoms with Gasteiger partial charge in [0, 0.05) is 17.2 Å². The molecule has 1 heterocycles. The largest absolute Gasteiger partial charge is 0.485 e. The fraction of sp³-hybridized carbons (Fsp3) is 0.263. The first-order valence-corrected chi connectivity index (χ1v) is 9.20. The lowest BCUT2D eigenvalue weighted by molar-refractivity contribution is -0.157. The predicted octanol–water partition coefficient (Wildman–Crippen LogP) is 2.28. The molecule has 0 fully saturated rings. The molecule has 0 saturated carbocycles. The van der Waals surface area contributed by atoms with Gasteiger partial charge in [0.25, 0.3) is 5.91 Å². The quantitative estimate of drug-likeness (QED) is 0.456. The van der Waals surface area contributed by atoms with Gasteiger partial charge < -0.3 is 19.5 Å². The van der Waals surface area contributed by atoms with Crippen molar-refractivity contribution in [3.05, 3.63) is 54.6 Å². The van der Waals surface area contributed by atoms with Crippen LogP contribution in [0.25, 0.3) is 0 Å². The maximum atomic E-state index is 12.0. The summed E-state index contributed by atoms with van der Waals surface area (Å²) in [6.07, 6.45) is -0.869. The number of benzene rings is 2. The van der Waals surface area contributed by atoms with Gasteiger partial charge in [-0.05, 0) is 24.3 Å². The summed E-state index contributed by atoms with van der Waals surface area (Å²) in [4.78, 5) is 24.9. The van der Waals surface area contributed by atoms with Crippen molar-refractivity contribution in [2.75, 3.05) is 25.5 Å². The number of ether oxygens (including phenoxy) is 3. The highest BCUT2D eigenvalue weighted by Crippen LogP contribution is 2.31. The van der Waals surface area contributed by atoms with Crippen LogP contribution >= 0.6 is 11.8 Å². The molecule has 0 unspecified atom stereocenters. The van der Waals surface area contributed by atoms with Gasteiger partial charge in [0.15, 0.2) is 18.1 Å². The minimum Gasteiger partial charge on any atom is -0.485 e. The van der Waals surface area contributed by atoms with Crippen LogP contribution in [0.4, 0.5) is 0 Å². The molecule has 0 bridgehead atoms. The summed E-state index contributed by atoms with van der Waals surface area (Å²) in [6.45, 7) is 0.216. The van der Waals surface area contributed by atoms with Gasteiger partial charge >= 0.3 is 5.97 Å².